The lowest BCUT2D eigenvalue weighted by molar-refractivity contribution is 0.410. The molecule has 6 nitrogen and oxygen atoms in total. The topological polar surface area (TPSA) is 80.3 Å². The molecular weight excluding hydrogens is 348 g/mol. The molecule has 1 aliphatic rings. The molecule has 2 heterocycles. The highest BCUT2D eigenvalue weighted by atomic mass is 15.3. The van der Waals surface area contributed by atoms with E-state index in [0.29, 0.717) is 12.1 Å². The average molecular weight is 372 g/mol. The molecule has 2 aromatic heterocycles. The van der Waals surface area contributed by atoms with Crippen molar-refractivity contribution in [3.8, 4) is 0 Å². The normalized spacial score (nSPS) is 19.8. The number of nitrogens with one attached hydrogen (secondary N) is 2. The van der Waals surface area contributed by atoms with Gasteiger partial charge in [-0.3, -0.25) is 0 Å². The molecule has 0 aliphatic heterocycles. The minimum Gasteiger partial charge on any atom is -0.366 e. The van der Waals surface area contributed by atoms with Crippen LogP contribution in [0, 0.1) is 0 Å². The first-order valence-electron chi connectivity index (χ1n) is 9.87. The summed E-state index contributed by atoms with van der Waals surface area (Å²) in [6.45, 7) is 0. The van der Waals surface area contributed by atoms with Gasteiger partial charge in [0.2, 0.25) is 0 Å². The molecule has 28 heavy (non-hydrogen) atoms. The molecule has 0 bridgehead atoms. The number of anilines is 3. The van der Waals surface area contributed by atoms with Crippen molar-refractivity contribution < 1.29 is 0 Å². The van der Waals surface area contributed by atoms with E-state index in [1.807, 2.05) is 16.8 Å². The van der Waals surface area contributed by atoms with Gasteiger partial charge in [-0.1, -0.05) is 30.3 Å². The maximum Gasteiger partial charge on any atom is 0.177 e. The quantitative estimate of drug-likeness (QED) is 0.497. The van der Waals surface area contributed by atoms with Crippen molar-refractivity contribution in [1.82, 2.24) is 14.6 Å². The van der Waals surface area contributed by atoms with Crippen LogP contribution in [0.3, 0.4) is 0 Å². The van der Waals surface area contributed by atoms with Crippen LogP contribution in [0.1, 0.15) is 25.7 Å². The summed E-state index contributed by atoms with van der Waals surface area (Å²) in [6.07, 6.45) is 7.94. The lowest BCUT2D eigenvalue weighted by Gasteiger charge is -2.27. The Hall–Kier alpha value is -3.12. The Balaban J connectivity index is 1.45. The Kier molecular flexibility index (Phi) is 4.33. The van der Waals surface area contributed by atoms with Gasteiger partial charge in [0, 0.05) is 36.2 Å². The van der Waals surface area contributed by atoms with E-state index in [1.54, 1.807) is 6.20 Å². The van der Waals surface area contributed by atoms with Crippen LogP contribution in [0.2, 0.25) is 0 Å². The lowest BCUT2D eigenvalue weighted by Crippen LogP contribution is -2.33. The zero-order valence-electron chi connectivity index (χ0n) is 15.7. The molecule has 0 radical (unpaired) electrons. The van der Waals surface area contributed by atoms with Crippen LogP contribution in [0.4, 0.5) is 17.2 Å². The number of rotatable bonds is 4. The summed E-state index contributed by atoms with van der Waals surface area (Å²) in [7, 11) is 0. The lowest BCUT2D eigenvalue weighted by atomic mass is 9.92. The Morgan fingerprint density at radius 2 is 1.79 bits per heavy atom. The van der Waals surface area contributed by atoms with Crippen molar-refractivity contribution in [3.05, 3.63) is 60.9 Å². The van der Waals surface area contributed by atoms with Gasteiger partial charge in [0.15, 0.2) is 5.65 Å². The number of nitrogens with zero attached hydrogens (tertiary/aromatic N) is 3. The van der Waals surface area contributed by atoms with E-state index in [0.717, 1.165) is 48.5 Å². The van der Waals surface area contributed by atoms with Gasteiger partial charge in [0.05, 0.1) is 5.69 Å². The Morgan fingerprint density at radius 1 is 0.964 bits per heavy atom. The summed E-state index contributed by atoms with van der Waals surface area (Å²) in [4.78, 5) is 4.47. The van der Waals surface area contributed by atoms with Crippen LogP contribution < -0.4 is 16.4 Å². The smallest absolute Gasteiger partial charge is 0.177 e. The van der Waals surface area contributed by atoms with E-state index in [9.17, 15) is 0 Å². The minimum absolute atomic E-state index is 0.340. The SMILES string of the molecule is NC1CCC(Nc2cc(Nc3ccc4ccccc4c3)c3nccn3n2)CC1. The van der Waals surface area contributed by atoms with Gasteiger partial charge in [-0.15, -0.1) is 5.10 Å². The van der Waals surface area contributed by atoms with Gasteiger partial charge in [0.1, 0.15) is 5.82 Å². The number of hydrogen-bond acceptors (Lipinski definition) is 5. The standard InChI is InChI=1S/C22H24N6/c23-17-6-9-18(10-7-17)26-21-14-20(22-24-11-12-28(22)27-21)25-19-8-5-15-3-1-2-4-16(15)13-19/h1-5,8,11-14,17-18,25H,6-7,9-10,23H2,(H,26,27). The molecule has 142 valence electrons. The molecule has 0 saturated heterocycles. The van der Waals surface area contributed by atoms with Crippen molar-refractivity contribution >= 4 is 33.6 Å². The second-order valence-corrected chi connectivity index (χ2v) is 7.58. The van der Waals surface area contributed by atoms with Gasteiger partial charge >= 0.3 is 0 Å². The number of imidazole rings is 1. The highest BCUT2D eigenvalue weighted by molar-refractivity contribution is 5.87. The van der Waals surface area contributed by atoms with Crippen molar-refractivity contribution in [2.75, 3.05) is 10.6 Å². The molecular formula is C22H24N6. The zero-order valence-corrected chi connectivity index (χ0v) is 15.7. The number of fused-ring (bicyclic) bond motifs is 2. The molecule has 2 aromatic carbocycles. The van der Waals surface area contributed by atoms with Crippen LogP contribution >= 0.6 is 0 Å². The Morgan fingerprint density at radius 3 is 2.64 bits per heavy atom. The molecule has 6 heteroatoms. The average Bonchev–Trinajstić information content (AvgIpc) is 3.19. The predicted octanol–water partition coefficient (Wildman–Crippen LogP) is 4.31. The molecule has 4 N–H and O–H groups in total. The third-order valence-electron chi connectivity index (χ3n) is 5.51. The fraction of sp³-hybridized carbons (Fsp3) is 0.273. The van der Waals surface area contributed by atoms with Crippen LogP contribution in [-0.2, 0) is 0 Å². The van der Waals surface area contributed by atoms with Gasteiger partial charge in [0.25, 0.3) is 0 Å². The van der Waals surface area contributed by atoms with E-state index in [2.05, 4.69) is 63.2 Å². The zero-order chi connectivity index (χ0) is 18.9. The third-order valence-corrected chi connectivity index (χ3v) is 5.51. The minimum atomic E-state index is 0.340. The molecule has 1 saturated carbocycles. The summed E-state index contributed by atoms with van der Waals surface area (Å²) in [5, 5.41) is 14.2. The summed E-state index contributed by atoms with van der Waals surface area (Å²) in [6, 6.07) is 17.6. The first kappa shape index (κ1) is 17.0. The van der Waals surface area contributed by atoms with Crippen LogP contribution in [0.25, 0.3) is 16.4 Å². The van der Waals surface area contributed by atoms with Crippen LogP contribution in [0.5, 0.6) is 0 Å². The molecule has 0 atom stereocenters. The second kappa shape index (κ2) is 7.13. The number of benzene rings is 2. The fourth-order valence-electron chi connectivity index (χ4n) is 3.97. The summed E-state index contributed by atoms with van der Waals surface area (Å²) >= 11 is 0. The molecule has 0 unspecified atom stereocenters. The van der Waals surface area contributed by atoms with Gasteiger partial charge in [-0.2, -0.15) is 0 Å². The van der Waals surface area contributed by atoms with Crippen LogP contribution in [0.15, 0.2) is 60.9 Å². The van der Waals surface area contributed by atoms with E-state index in [4.69, 9.17) is 5.73 Å². The monoisotopic (exact) mass is 372 g/mol. The maximum atomic E-state index is 6.03. The van der Waals surface area contributed by atoms with Gasteiger partial charge in [-0.25, -0.2) is 9.50 Å². The van der Waals surface area contributed by atoms with E-state index >= 15 is 0 Å². The van der Waals surface area contributed by atoms with Crippen molar-refractivity contribution in [2.45, 2.75) is 37.8 Å². The highest BCUT2D eigenvalue weighted by Gasteiger charge is 2.19. The largest absolute Gasteiger partial charge is 0.366 e. The molecule has 0 amide bonds. The predicted molar refractivity (Wildman–Crippen MR) is 114 cm³/mol. The molecule has 5 rings (SSSR count). The summed E-state index contributed by atoms with van der Waals surface area (Å²) in [5.41, 5.74) is 8.81. The van der Waals surface area contributed by atoms with Gasteiger partial charge < -0.3 is 16.4 Å². The van der Waals surface area contributed by atoms with Crippen LogP contribution in [-0.4, -0.2) is 26.7 Å². The first-order valence-corrected chi connectivity index (χ1v) is 9.87. The summed E-state index contributed by atoms with van der Waals surface area (Å²) in [5.74, 6) is 0.856. The van der Waals surface area contributed by atoms with E-state index < -0.39 is 0 Å². The molecule has 4 aromatic rings. The number of aromatic nitrogens is 3. The highest BCUT2D eigenvalue weighted by Crippen LogP contribution is 2.27. The van der Waals surface area contributed by atoms with Crippen molar-refractivity contribution in [2.24, 2.45) is 5.73 Å². The molecule has 1 fully saturated rings. The van der Waals surface area contributed by atoms with Gasteiger partial charge in [-0.05, 0) is 48.6 Å². The molecule has 1 aliphatic carbocycles. The van der Waals surface area contributed by atoms with E-state index in [-0.39, 0.29) is 0 Å². The van der Waals surface area contributed by atoms with Crippen molar-refractivity contribution in [1.29, 1.82) is 0 Å². The third kappa shape index (κ3) is 3.39. The first-order chi connectivity index (χ1) is 13.7. The van der Waals surface area contributed by atoms with E-state index in [1.165, 1.54) is 10.8 Å². The Labute approximate surface area is 163 Å². The molecule has 0 spiro atoms. The number of hydrogen-bond donors (Lipinski definition) is 3. The fourth-order valence-corrected chi connectivity index (χ4v) is 3.97. The maximum absolute atomic E-state index is 6.03. The van der Waals surface area contributed by atoms with Crippen molar-refractivity contribution in [3.63, 3.8) is 0 Å². The number of nitrogens with two attached hydrogens (primary N) is 1. The Bertz CT molecular complexity index is 1110. The summed E-state index contributed by atoms with van der Waals surface area (Å²) < 4.78 is 1.82. The second-order valence-electron chi connectivity index (χ2n) is 7.58.